The molecule has 1 aliphatic carbocycles. The summed E-state index contributed by atoms with van der Waals surface area (Å²) in [5, 5.41) is 6.99. The predicted molar refractivity (Wildman–Crippen MR) is 121 cm³/mol. The van der Waals surface area contributed by atoms with Crippen molar-refractivity contribution in [1.82, 2.24) is 20.6 Å². The first-order chi connectivity index (χ1) is 15.0. The third kappa shape index (κ3) is 3.99. The number of urea groups is 1. The van der Waals surface area contributed by atoms with Gasteiger partial charge < -0.3 is 15.4 Å². The fraction of sp³-hybridized carbons (Fsp3) is 0.478. The monoisotopic (exact) mass is 422 g/mol. The quantitative estimate of drug-likeness (QED) is 0.669. The fourth-order valence-electron chi connectivity index (χ4n) is 4.91. The molecule has 4 rings (SSSR count). The molecule has 0 bridgehead atoms. The number of amides is 2. The van der Waals surface area contributed by atoms with Gasteiger partial charge in [-0.1, -0.05) is 37.3 Å². The first-order valence-corrected chi connectivity index (χ1v) is 10.8. The molecule has 2 N–H and O–H groups in total. The number of rotatable bonds is 7. The summed E-state index contributed by atoms with van der Waals surface area (Å²) in [7, 11) is 1.55. The van der Waals surface area contributed by atoms with Crippen LogP contribution < -0.4 is 20.3 Å². The fourth-order valence-corrected chi connectivity index (χ4v) is 4.91. The lowest BCUT2D eigenvalue weighted by molar-refractivity contribution is 0.161. The Bertz CT molecular complexity index is 940. The zero-order valence-electron chi connectivity index (χ0n) is 18.2. The van der Waals surface area contributed by atoms with E-state index < -0.39 is 0 Å². The largest absolute Gasteiger partial charge is 0.479 e. The maximum Gasteiger partial charge on any atom is 0.322 e. The number of aromatic nitrogens is 2. The van der Waals surface area contributed by atoms with Crippen molar-refractivity contribution >= 4 is 18.4 Å². The van der Waals surface area contributed by atoms with Crippen LogP contribution in [0.5, 0.6) is 5.88 Å². The molecule has 2 aromatic rings. The van der Waals surface area contributed by atoms with Gasteiger partial charge in [-0.15, -0.1) is 0 Å². The van der Waals surface area contributed by atoms with Crippen LogP contribution in [0.2, 0.25) is 0 Å². The maximum absolute atomic E-state index is 12.9. The predicted octanol–water partition coefficient (Wildman–Crippen LogP) is 3.03. The molecular formula is C23H30N6O2. The van der Waals surface area contributed by atoms with Gasteiger partial charge in [-0.2, -0.15) is 4.98 Å². The van der Waals surface area contributed by atoms with E-state index in [9.17, 15) is 4.79 Å². The Morgan fingerprint density at radius 1 is 1.26 bits per heavy atom. The van der Waals surface area contributed by atoms with E-state index in [1.165, 1.54) is 5.56 Å². The first kappa shape index (κ1) is 21.2. The molecule has 31 heavy (non-hydrogen) atoms. The average Bonchev–Trinajstić information content (AvgIpc) is 3.12. The molecule has 0 atom stereocenters. The highest BCUT2D eigenvalue weighted by molar-refractivity contribution is 5.96. The van der Waals surface area contributed by atoms with Gasteiger partial charge in [0.05, 0.1) is 31.9 Å². The molecule has 2 fully saturated rings. The van der Waals surface area contributed by atoms with Crippen LogP contribution in [0.1, 0.15) is 44.0 Å². The number of hydrogen-bond donors (Lipinski definition) is 2. The number of nitrogens with zero attached hydrogens (tertiary/aromatic N) is 4. The molecule has 2 aliphatic rings. The Kier molecular flexibility index (Phi) is 5.91. The number of aliphatic imine (C=N–C) groups is 1. The van der Waals surface area contributed by atoms with E-state index in [1.807, 2.05) is 6.07 Å². The van der Waals surface area contributed by atoms with E-state index in [4.69, 9.17) is 4.74 Å². The molecule has 2 amide bonds. The summed E-state index contributed by atoms with van der Waals surface area (Å²) in [5.41, 5.74) is 1.57. The van der Waals surface area contributed by atoms with Crippen LogP contribution in [0, 0.1) is 0 Å². The molecule has 0 unspecified atom stereocenters. The summed E-state index contributed by atoms with van der Waals surface area (Å²) in [6.45, 7) is 7.40. The number of hydrogen-bond acceptors (Lipinski definition) is 6. The van der Waals surface area contributed by atoms with Crippen LogP contribution in [0.15, 0.2) is 41.5 Å². The summed E-state index contributed by atoms with van der Waals surface area (Å²) in [6, 6.07) is 10.5. The highest BCUT2D eigenvalue weighted by atomic mass is 16.5. The minimum atomic E-state index is -0.267. The van der Waals surface area contributed by atoms with Crippen LogP contribution in [0.25, 0.3) is 0 Å². The molecule has 1 aromatic carbocycles. The van der Waals surface area contributed by atoms with Gasteiger partial charge >= 0.3 is 6.03 Å². The zero-order valence-corrected chi connectivity index (χ0v) is 18.2. The maximum atomic E-state index is 12.9. The van der Waals surface area contributed by atoms with Crippen molar-refractivity contribution in [2.45, 2.75) is 50.2 Å². The molecule has 1 saturated heterocycles. The number of anilines is 1. The van der Waals surface area contributed by atoms with Gasteiger partial charge in [0.25, 0.3) is 0 Å². The molecule has 164 valence electrons. The van der Waals surface area contributed by atoms with E-state index in [0.717, 1.165) is 32.2 Å². The minimum Gasteiger partial charge on any atom is -0.479 e. The summed E-state index contributed by atoms with van der Waals surface area (Å²) in [6.07, 6.45) is 5.32. The minimum absolute atomic E-state index is 0.0560. The number of carbonyl (C=O) groups is 1. The Labute approximate surface area is 183 Å². The van der Waals surface area contributed by atoms with E-state index >= 15 is 0 Å². The summed E-state index contributed by atoms with van der Waals surface area (Å²) in [4.78, 5) is 27.2. The Morgan fingerprint density at radius 3 is 2.65 bits per heavy atom. The molecule has 1 saturated carbocycles. The van der Waals surface area contributed by atoms with Gasteiger partial charge in [0.15, 0.2) is 5.82 Å². The normalized spacial score (nSPS) is 25.5. The number of ether oxygens (including phenoxy) is 1. The number of carbonyl (C=O) groups excluding carboxylic acids is 1. The molecular weight excluding hydrogens is 392 g/mol. The highest BCUT2D eigenvalue weighted by Crippen LogP contribution is 2.44. The summed E-state index contributed by atoms with van der Waals surface area (Å²) < 4.78 is 5.45. The lowest BCUT2D eigenvalue weighted by atomic mass is 9.69. The SMILES string of the molecule is C=NCc1ncc(N2C[C@]3(CC[C@](NCC)(c4ccccc4)CC3)NC2=O)c(OC)n1. The van der Waals surface area contributed by atoms with Gasteiger partial charge in [-0.05, 0) is 44.5 Å². The van der Waals surface area contributed by atoms with Crippen LogP contribution in [-0.2, 0) is 12.1 Å². The number of benzene rings is 1. The topological polar surface area (TPSA) is 91.7 Å². The average molecular weight is 423 g/mol. The van der Waals surface area contributed by atoms with Gasteiger partial charge in [0.2, 0.25) is 5.88 Å². The summed E-state index contributed by atoms with van der Waals surface area (Å²) in [5.74, 6) is 0.892. The van der Waals surface area contributed by atoms with Crippen LogP contribution in [0.4, 0.5) is 10.5 Å². The van der Waals surface area contributed by atoms with Crippen LogP contribution in [-0.4, -0.2) is 48.5 Å². The highest BCUT2D eigenvalue weighted by Gasteiger charge is 2.49. The van der Waals surface area contributed by atoms with Crippen LogP contribution in [0.3, 0.4) is 0 Å². The van der Waals surface area contributed by atoms with E-state index in [2.05, 4.69) is 63.5 Å². The molecule has 1 spiro atoms. The van der Waals surface area contributed by atoms with Crippen molar-refractivity contribution in [3.63, 3.8) is 0 Å². The zero-order chi connectivity index (χ0) is 21.9. The lowest BCUT2D eigenvalue weighted by Crippen LogP contribution is -2.54. The van der Waals surface area contributed by atoms with E-state index in [-0.39, 0.29) is 17.1 Å². The second-order valence-electron chi connectivity index (χ2n) is 8.34. The van der Waals surface area contributed by atoms with Crippen molar-refractivity contribution < 1.29 is 9.53 Å². The Hall–Kier alpha value is -3.00. The molecule has 1 aromatic heterocycles. The third-order valence-corrected chi connectivity index (χ3v) is 6.50. The molecule has 2 heterocycles. The van der Waals surface area contributed by atoms with Gasteiger partial charge in [0, 0.05) is 5.54 Å². The smallest absolute Gasteiger partial charge is 0.322 e. The van der Waals surface area contributed by atoms with Crippen molar-refractivity contribution in [1.29, 1.82) is 0 Å². The Balaban J connectivity index is 1.54. The molecule has 1 aliphatic heterocycles. The lowest BCUT2D eigenvalue weighted by Gasteiger charge is -2.45. The van der Waals surface area contributed by atoms with Crippen molar-refractivity contribution in [2.24, 2.45) is 4.99 Å². The number of methoxy groups -OCH3 is 1. The van der Waals surface area contributed by atoms with Crippen molar-refractivity contribution in [3.05, 3.63) is 47.9 Å². The Morgan fingerprint density at radius 2 is 2.00 bits per heavy atom. The molecule has 8 heteroatoms. The van der Waals surface area contributed by atoms with E-state index in [1.54, 1.807) is 18.2 Å². The number of nitrogens with one attached hydrogen (secondary N) is 2. The van der Waals surface area contributed by atoms with E-state index in [0.29, 0.717) is 30.5 Å². The van der Waals surface area contributed by atoms with Gasteiger partial charge in [-0.25, -0.2) is 9.78 Å². The molecule has 8 nitrogen and oxygen atoms in total. The molecule has 0 radical (unpaired) electrons. The third-order valence-electron chi connectivity index (χ3n) is 6.50. The second kappa shape index (κ2) is 8.63. The first-order valence-electron chi connectivity index (χ1n) is 10.8. The second-order valence-corrected chi connectivity index (χ2v) is 8.34. The standard InChI is InChI=1S/C23H30N6O2/c1-4-26-23(17-8-6-5-7-9-17)12-10-22(11-13-23)16-29(21(30)28-22)18-14-25-19(15-24-2)27-20(18)31-3/h5-9,14,26H,2,4,10-13,15-16H2,1,3H3,(H,28,30)/t22-,23-. The van der Waals surface area contributed by atoms with Crippen molar-refractivity contribution in [2.75, 3.05) is 25.1 Å². The van der Waals surface area contributed by atoms with Crippen molar-refractivity contribution in [3.8, 4) is 5.88 Å². The summed E-state index contributed by atoms with van der Waals surface area (Å²) >= 11 is 0. The van der Waals surface area contributed by atoms with Gasteiger partial charge in [-0.3, -0.25) is 9.89 Å². The van der Waals surface area contributed by atoms with Crippen LogP contribution >= 0.6 is 0 Å². The van der Waals surface area contributed by atoms with Gasteiger partial charge in [0.1, 0.15) is 5.69 Å².